The Morgan fingerprint density at radius 2 is 0.874 bits per heavy atom. The number of hydrogen-bond donors (Lipinski definition) is 7. The Morgan fingerprint density at radius 1 is 0.485 bits per heavy atom. The van der Waals surface area contributed by atoms with Crippen LogP contribution in [0.25, 0.3) is 54.2 Å². The van der Waals surface area contributed by atoms with Crippen molar-refractivity contribution < 1.29 is 202 Å². The van der Waals surface area contributed by atoms with Crippen LogP contribution in [-0.4, -0.2) is 130 Å². The molecule has 8 aromatic carbocycles. The van der Waals surface area contributed by atoms with Gasteiger partial charge < -0.3 is 44.1 Å². The third kappa shape index (κ3) is 36.3. The number of nitrogens with two attached hydrogens (primary N) is 2. The summed E-state index contributed by atoms with van der Waals surface area (Å²) < 4.78 is 16.4. The van der Waals surface area contributed by atoms with Crippen LogP contribution in [0.4, 0.5) is 11.4 Å². The standard InChI is InChI=1S/C21H25N3O.C11H11BO2.C11H17BrN2O.C11H9Br.C10H8BrN.C6H4BrNO.C5H3BrIN.3Ac.BHO.Na.H2O2/c1-3-24(12-13-25-2)15-17-9-8-16(14-23-17)18-10-11-21(22)20-7-5-4-6-19(18)20;1-8-6-7-11(12(13)14)10-5-3-2-4-9(8)10;1-3-14(6-7-15-2)9-11-5-4-10(12)8-13-11;1-8-6-7-11(12)10-5-3-2-4-9(8)10;11-9-5-6-10(12)8-4-2-1-3-7(8)9;7-5-1-2-6(4-9)8-3-5;6-4-1-2-5(7)8-3-4;;;;1-2;;1-2/h4-11,14H,3,12-13,15,22H2,1-2H3;2-7,13-14H,1H3;4-5,8H,3,6-7,9H2,1-2H3;2-7H,1H3;1-6H,12H2;1-4H;1-3H;;;;2H;;1-2H/q;;;;;;;;;;-1;+1;. The molecule has 28 heteroatoms. The van der Waals surface area contributed by atoms with E-state index in [-0.39, 0.29) is 162 Å². The first kappa shape index (κ1) is 102. The molecule has 12 aromatic rings. The van der Waals surface area contributed by atoms with E-state index < -0.39 is 7.12 Å². The van der Waals surface area contributed by atoms with Gasteiger partial charge in [0.1, 0.15) is 9.39 Å². The molecule has 0 amide bonds. The van der Waals surface area contributed by atoms with Crippen molar-refractivity contribution in [2.75, 3.05) is 65.1 Å². The van der Waals surface area contributed by atoms with Gasteiger partial charge in [-0.2, -0.15) is 0 Å². The number of aldehydes is 1. The Morgan fingerprint density at radius 3 is 1.27 bits per heavy atom. The Labute approximate surface area is 792 Å². The molecule has 4 aromatic heterocycles. The van der Waals surface area contributed by atoms with Gasteiger partial charge in [0.15, 0.2) is 6.29 Å². The fourth-order valence-corrected chi connectivity index (χ4v) is 11.5. The van der Waals surface area contributed by atoms with E-state index in [1.807, 2.05) is 122 Å². The number of hydrogen-bond acceptors (Lipinski definition) is 16. The normalized spacial score (nSPS) is 9.83. The van der Waals surface area contributed by atoms with E-state index in [1.165, 1.54) is 20.8 Å². The topological polar surface area (TPSA) is 247 Å². The van der Waals surface area contributed by atoms with E-state index in [1.54, 1.807) is 44.8 Å². The maximum Gasteiger partial charge on any atom is 1.00 e. The number of nitrogens with zero attached hydrogens (tertiary/aromatic N) is 6. The van der Waals surface area contributed by atoms with Gasteiger partial charge in [-0.1, -0.05) is 173 Å². The van der Waals surface area contributed by atoms with Crippen LogP contribution in [0.2, 0.25) is 0 Å². The molecule has 0 spiro atoms. The zero-order valence-corrected chi connectivity index (χ0v) is 84.8. The smallest absolute Gasteiger partial charge is 0.715 e. The summed E-state index contributed by atoms with van der Waals surface area (Å²) in [5.41, 5.74) is 21.5. The summed E-state index contributed by atoms with van der Waals surface area (Å²) in [6.07, 6.45) is 7.87. The number of carbonyl (C=O) groups excluding carboxylic acids is 1. The fourth-order valence-electron chi connectivity index (χ4n) is 9.56. The zero-order chi connectivity index (χ0) is 72.7. The van der Waals surface area contributed by atoms with E-state index in [4.69, 9.17) is 46.5 Å². The van der Waals surface area contributed by atoms with Gasteiger partial charge in [-0.15, -0.1) is 0 Å². The molecule has 0 unspecified atom stereocenters. The number of likely N-dealkylation sites (N-methyl/N-ethyl adjacent to an activating group) is 2. The third-order valence-corrected chi connectivity index (χ3v) is 18.2. The molecular formula is C75H80Ac3B2Br5IN8NaO8. The molecule has 16 nitrogen and oxygen atoms in total. The van der Waals surface area contributed by atoms with E-state index in [0.717, 1.165) is 146 Å². The molecule has 4 heterocycles. The molecule has 0 bridgehead atoms. The minimum atomic E-state index is -1.40. The second-order valence-electron chi connectivity index (χ2n) is 21.3. The molecule has 0 saturated heterocycles. The van der Waals surface area contributed by atoms with Crippen molar-refractivity contribution in [1.29, 1.82) is 0 Å². The van der Waals surface area contributed by atoms with Crippen LogP contribution in [0.3, 0.4) is 0 Å². The summed E-state index contributed by atoms with van der Waals surface area (Å²) in [6, 6.07) is 63.9. The first-order valence-corrected chi connectivity index (χ1v) is 35.9. The van der Waals surface area contributed by atoms with Crippen LogP contribution in [-0.2, 0) is 22.6 Å². The predicted molar refractivity (Wildman–Crippen MR) is 435 cm³/mol. The zero-order valence-electron chi connectivity index (χ0n) is 58.5. The molecule has 0 saturated carbocycles. The number of anilines is 2. The van der Waals surface area contributed by atoms with Crippen LogP contribution < -0.4 is 46.5 Å². The molecule has 526 valence electrons. The molecule has 0 aliphatic heterocycles. The molecule has 0 fully saturated rings. The molecule has 9 N–H and O–H groups in total. The van der Waals surface area contributed by atoms with Gasteiger partial charge in [0, 0.05) is 247 Å². The Bertz CT molecular complexity index is 4160. The van der Waals surface area contributed by atoms with E-state index in [9.17, 15) is 4.79 Å². The first-order chi connectivity index (χ1) is 47.9. The summed E-state index contributed by atoms with van der Waals surface area (Å²) in [5, 5.41) is 45.9. The number of aromatic nitrogens is 4. The number of pyridine rings is 4. The number of benzene rings is 8. The monoisotopic (exact) mass is 2470 g/mol. The van der Waals surface area contributed by atoms with Gasteiger partial charge >= 0.3 is 36.7 Å². The first-order valence-electron chi connectivity index (χ1n) is 30.8. The Balaban J connectivity index is 0.00000119. The van der Waals surface area contributed by atoms with Gasteiger partial charge in [0.05, 0.1) is 24.6 Å². The van der Waals surface area contributed by atoms with E-state index in [0.29, 0.717) is 17.4 Å². The minimum absolute atomic E-state index is 0. The fraction of sp³-hybridized carbons (Fsp3) is 0.187. The van der Waals surface area contributed by atoms with Gasteiger partial charge in [-0.05, 0) is 219 Å². The predicted octanol–water partition coefficient (Wildman–Crippen LogP) is 14.4. The van der Waals surface area contributed by atoms with Crippen LogP contribution in [0, 0.1) is 150 Å². The van der Waals surface area contributed by atoms with Crippen molar-refractivity contribution in [3.05, 3.63) is 273 Å². The van der Waals surface area contributed by atoms with Gasteiger partial charge in [-0.25, -0.2) is 4.98 Å². The molecular weight excluding hydrogens is 2390 g/mol. The van der Waals surface area contributed by atoms with Crippen molar-refractivity contribution in [2.45, 2.75) is 40.8 Å². The molecule has 0 aliphatic rings. The third-order valence-electron chi connectivity index (χ3n) is 14.8. The summed E-state index contributed by atoms with van der Waals surface area (Å²) >= 11 is 19.0. The van der Waals surface area contributed by atoms with Crippen molar-refractivity contribution >= 4 is 184 Å². The summed E-state index contributed by atoms with van der Waals surface area (Å²) in [7, 11) is 5.56. The van der Waals surface area contributed by atoms with Crippen molar-refractivity contribution in [1.82, 2.24) is 29.7 Å². The number of rotatable bonds is 15. The van der Waals surface area contributed by atoms with Crippen LogP contribution in [0.15, 0.2) is 241 Å². The van der Waals surface area contributed by atoms with Gasteiger partial charge in [-0.3, -0.25) is 40.1 Å². The second kappa shape index (κ2) is 58.8. The molecule has 6 radical (unpaired) electrons. The SMILES string of the molecule is Brc1ccc(I)nc1.CCN(CCOC)Cc1ccc(-c2ccc(N)c3ccccc23)cn1.CCN(CCOC)Cc1ccc(Br)cn1.Cc1ccc(B(O)O)c2ccccc12.Cc1ccc(Br)c2ccccc12.Nc1ccc(Br)c2ccccc12.O=Cc1ccc(Br)cn1.OO.[Ac].[Ac].[Ac].[B-]O.[Na+]. The van der Waals surface area contributed by atoms with Crippen LogP contribution >= 0.6 is 102 Å². The number of ether oxygens (including phenoxy) is 2. The number of halogens is 6. The molecule has 12 rings (SSSR count). The van der Waals surface area contributed by atoms with Gasteiger partial charge in [0.25, 0.3) is 0 Å². The number of aryl methyl sites for hydroxylation is 2. The molecule has 0 aliphatic carbocycles. The Kier molecular flexibility index (Phi) is 58.1. The van der Waals surface area contributed by atoms with E-state index >= 15 is 0 Å². The van der Waals surface area contributed by atoms with E-state index in [2.05, 4.69) is 234 Å². The van der Waals surface area contributed by atoms with Crippen molar-refractivity contribution in [3.8, 4) is 11.1 Å². The van der Waals surface area contributed by atoms with Crippen LogP contribution in [0.5, 0.6) is 0 Å². The summed E-state index contributed by atoms with van der Waals surface area (Å²) in [4.78, 5) is 31.5. The van der Waals surface area contributed by atoms with Crippen molar-refractivity contribution in [2.24, 2.45) is 0 Å². The largest absolute Gasteiger partial charge is 1.00 e. The van der Waals surface area contributed by atoms with Crippen molar-refractivity contribution in [3.63, 3.8) is 0 Å². The molecule has 0 atom stereocenters. The van der Waals surface area contributed by atoms with Gasteiger partial charge in [0.2, 0.25) is 0 Å². The quantitative estimate of drug-likeness (QED) is 0.00959. The maximum atomic E-state index is 10.0. The summed E-state index contributed by atoms with van der Waals surface area (Å²) in [5.74, 6) is 0. The average molecular weight is 2470 g/mol. The minimum Gasteiger partial charge on any atom is -0.715 e. The van der Waals surface area contributed by atoms with Crippen LogP contribution in [0.1, 0.15) is 46.9 Å². The summed E-state index contributed by atoms with van der Waals surface area (Å²) in [6.45, 7) is 15.5. The maximum absolute atomic E-state index is 10.0. The average Bonchev–Trinajstić information content (AvgIpc) is 0.809. The number of nitrogen functional groups attached to an aromatic ring is 2. The second-order valence-corrected chi connectivity index (χ2v) is 26.8. The number of methoxy groups -OCH3 is 2. The molecule has 103 heavy (non-hydrogen) atoms. The number of fused-ring (bicyclic) bond motifs is 4. The number of carbonyl (C=O) groups is 1. The Hall–Kier alpha value is -1.11.